The number of carbonyl (C=O) groups excluding carboxylic acids is 2. The van der Waals surface area contributed by atoms with E-state index in [1.165, 1.54) is 24.1 Å². The standard InChI is InChI=1S/C24H27FN2O4/c1-4-26(5-2)14-15-27-21(16-10-6-8-12-18(16)25)20(23(29)24(27)30)22(28)17-11-7-9-13-19(17)31-3/h6-13,21,28H,4-5,14-15H2,1-3H3/b22-20+. The van der Waals surface area contributed by atoms with Crippen molar-refractivity contribution in [2.24, 2.45) is 0 Å². The van der Waals surface area contributed by atoms with Crippen LogP contribution in [0.5, 0.6) is 5.75 Å². The minimum Gasteiger partial charge on any atom is -0.507 e. The minimum atomic E-state index is -1.03. The van der Waals surface area contributed by atoms with E-state index >= 15 is 0 Å². The third kappa shape index (κ3) is 4.32. The Balaban J connectivity index is 2.16. The second-order valence-electron chi connectivity index (χ2n) is 7.24. The number of aliphatic hydroxyl groups excluding tert-OH is 1. The Bertz CT molecular complexity index is 1000. The lowest BCUT2D eigenvalue weighted by Crippen LogP contribution is -2.38. The number of ketones is 1. The highest BCUT2D eigenvalue weighted by Crippen LogP contribution is 2.41. The molecule has 0 saturated carbocycles. The molecule has 0 aliphatic carbocycles. The van der Waals surface area contributed by atoms with Gasteiger partial charge in [0.2, 0.25) is 0 Å². The van der Waals surface area contributed by atoms with Gasteiger partial charge in [-0.3, -0.25) is 9.59 Å². The molecule has 6 nitrogen and oxygen atoms in total. The first kappa shape index (κ1) is 22.5. The quantitative estimate of drug-likeness (QED) is 0.397. The van der Waals surface area contributed by atoms with Gasteiger partial charge in [0, 0.05) is 18.7 Å². The van der Waals surface area contributed by atoms with Gasteiger partial charge in [0.15, 0.2) is 0 Å². The van der Waals surface area contributed by atoms with Crippen molar-refractivity contribution in [3.05, 3.63) is 71.0 Å². The van der Waals surface area contributed by atoms with E-state index in [1.807, 2.05) is 13.8 Å². The van der Waals surface area contributed by atoms with Crippen molar-refractivity contribution < 1.29 is 23.8 Å². The van der Waals surface area contributed by atoms with Gasteiger partial charge in [0.25, 0.3) is 11.7 Å². The first-order valence-electron chi connectivity index (χ1n) is 10.3. The second kappa shape index (κ2) is 9.75. The van der Waals surface area contributed by atoms with Gasteiger partial charge in [-0.1, -0.05) is 44.2 Å². The molecule has 1 fully saturated rings. The third-order valence-corrected chi connectivity index (χ3v) is 5.65. The summed E-state index contributed by atoms with van der Waals surface area (Å²) in [5, 5.41) is 11.1. The van der Waals surface area contributed by atoms with Crippen LogP contribution in [-0.2, 0) is 9.59 Å². The van der Waals surface area contributed by atoms with Crippen molar-refractivity contribution in [2.75, 3.05) is 33.3 Å². The normalized spacial score (nSPS) is 18.1. The summed E-state index contributed by atoms with van der Waals surface area (Å²) in [6.45, 7) is 6.34. The number of methoxy groups -OCH3 is 1. The molecule has 31 heavy (non-hydrogen) atoms. The summed E-state index contributed by atoms with van der Waals surface area (Å²) in [6, 6.07) is 11.6. The van der Waals surface area contributed by atoms with Crippen LogP contribution >= 0.6 is 0 Å². The van der Waals surface area contributed by atoms with Gasteiger partial charge >= 0.3 is 0 Å². The highest BCUT2D eigenvalue weighted by Gasteiger charge is 2.47. The Morgan fingerprint density at radius 3 is 2.39 bits per heavy atom. The lowest BCUT2D eigenvalue weighted by molar-refractivity contribution is -0.140. The molecule has 1 aliphatic heterocycles. The molecule has 1 saturated heterocycles. The van der Waals surface area contributed by atoms with E-state index in [0.717, 1.165) is 13.1 Å². The van der Waals surface area contributed by atoms with Gasteiger partial charge in [-0.25, -0.2) is 4.39 Å². The Morgan fingerprint density at radius 1 is 1.10 bits per heavy atom. The molecule has 0 aromatic heterocycles. The lowest BCUT2D eigenvalue weighted by Gasteiger charge is -2.28. The number of halogens is 1. The number of ether oxygens (including phenoxy) is 1. The fourth-order valence-electron chi connectivity index (χ4n) is 3.91. The van der Waals surface area contributed by atoms with Crippen LogP contribution in [0.4, 0.5) is 4.39 Å². The molecule has 7 heteroatoms. The van der Waals surface area contributed by atoms with E-state index in [0.29, 0.717) is 12.3 Å². The van der Waals surface area contributed by atoms with Crippen molar-refractivity contribution in [2.45, 2.75) is 19.9 Å². The summed E-state index contributed by atoms with van der Waals surface area (Å²) >= 11 is 0. The maximum atomic E-state index is 14.8. The maximum Gasteiger partial charge on any atom is 0.295 e. The van der Waals surface area contributed by atoms with E-state index in [-0.39, 0.29) is 29.0 Å². The zero-order valence-electron chi connectivity index (χ0n) is 18.0. The lowest BCUT2D eigenvalue weighted by atomic mass is 9.94. The number of amides is 1. The van der Waals surface area contributed by atoms with E-state index in [2.05, 4.69) is 4.90 Å². The molecule has 1 atom stereocenters. The van der Waals surface area contributed by atoms with Crippen LogP contribution in [-0.4, -0.2) is 59.9 Å². The molecule has 0 spiro atoms. The molecule has 1 N–H and O–H groups in total. The van der Waals surface area contributed by atoms with Gasteiger partial charge in [-0.15, -0.1) is 0 Å². The highest BCUT2D eigenvalue weighted by molar-refractivity contribution is 6.46. The zero-order chi connectivity index (χ0) is 22.5. The molecule has 0 bridgehead atoms. The van der Waals surface area contributed by atoms with Gasteiger partial charge in [-0.05, 0) is 31.3 Å². The van der Waals surface area contributed by atoms with Crippen LogP contribution in [0.25, 0.3) is 5.76 Å². The summed E-state index contributed by atoms with van der Waals surface area (Å²) in [6.07, 6.45) is 0. The number of nitrogens with zero attached hydrogens (tertiary/aromatic N) is 2. The second-order valence-corrected chi connectivity index (χ2v) is 7.24. The van der Waals surface area contributed by atoms with E-state index in [4.69, 9.17) is 4.74 Å². The predicted molar refractivity (Wildman–Crippen MR) is 116 cm³/mol. The summed E-state index contributed by atoms with van der Waals surface area (Å²) in [4.78, 5) is 29.4. The number of likely N-dealkylation sites (tertiary alicyclic amines) is 1. The van der Waals surface area contributed by atoms with Crippen LogP contribution in [0.1, 0.15) is 31.0 Å². The van der Waals surface area contributed by atoms with Gasteiger partial charge < -0.3 is 19.6 Å². The SMILES string of the molecule is CCN(CC)CCN1C(=O)C(=O)/C(=C(/O)c2ccccc2OC)C1c1ccccc1F. The Hall–Kier alpha value is -3.19. The number of carbonyl (C=O) groups is 2. The fourth-order valence-corrected chi connectivity index (χ4v) is 3.91. The van der Waals surface area contributed by atoms with Crippen molar-refractivity contribution in [3.8, 4) is 5.75 Å². The van der Waals surface area contributed by atoms with Crippen molar-refractivity contribution in [1.29, 1.82) is 0 Å². The molecule has 3 rings (SSSR count). The predicted octanol–water partition coefficient (Wildman–Crippen LogP) is 3.60. The number of hydrogen-bond donors (Lipinski definition) is 1. The zero-order valence-corrected chi connectivity index (χ0v) is 18.0. The van der Waals surface area contributed by atoms with Crippen LogP contribution in [0.2, 0.25) is 0 Å². The number of likely N-dealkylation sites (N-methyl/N-ethyl adjacent to an activating group) is 1. The molecule has 1 unspecified atom stereocenters. The number of Topliss-reactive ketones (excluding diaryl/α,β-unsaturated/α-hetero) is 1. The number of hydrogen-bond acceptors (Lipinski definition) is 5. The average molecular weight is 426 g/mol. The van der Waals surface area contributed by atoms with Crippen LogP contribution in [0, 0.1) is 5.82 Å². The van der Waals surface area contributed by atoms with Crippen LogP contribution in [0.3, 0.4) is 0 Å². The van der Waals surface area contributed by atoms with Crippen molar-refractivity contribution in [3.63, 3.8) is 0 Å². The monoisotopic (exact) mass is 426 g/mol. The largest absolute Gasteiger partial charge is 0.507 e. The number of para-hydroxylation sites is 1. The Labute approximate surface area is 181 Å². The molecule has 2 aromatic rings. The Morgan fingerprint density at radius 2 is 1.74 bits per heavy atom. The number of rotatable bonds is 8. The first-order valence-corrected chi connectivity index (χ1v) is 10.3. The molecule has 0 radical (unpaired) electrons. The highest BCUT2D eigenvalue weighted by atomic mass is 19.1. The molecule has 1 heterocycles. The molecule has 1 amide bonds. The summed E-state index contributed by atoms with van der Waals surface area (Å²) in [7, 11) is 1.45. The summed E-state index contributed by atoms with van der Waals surface area (Å²) < 4.78 is 20.1. The first-order chi connectivity index (χ1) is 14.9. The molecular formula is C24H27FN2O4. The molecule has 164 valence electrons. The van der Waals surface area contributed by atoms with E-state index in [1.54, 1.807) is 36.4 Å². The minimum absolute atomic E-state index is 0.140. The van der Waals surface area contributed by atoms with Crippen LogP contribution in [0.15, 0.2) is 54.1 Å². The smallest absolute Gasteiger partial charge is 0.295 e. The average Bonchev–Trinajstić information content (AvgIpc) is 3.04. The van der Waals surface area contributed by atoms with Gasteiger partial charge in [0.05, 0.1) is 24.3 Å². The van der Waals surface area contributed by atoms with Crippen molar-refractivity contribution in [1.82, 2.24) is 9.80 Å². The van der Waals surface area contributed by atoms with Gasteiger partial charge in [0.1, 0.15) is 17.3 Å². The number of aliphatic hydroxyl groups is 1. The van der Waals surface area contributed by atoms with Crippen molar-refractivity contribution >= 4 is 17.4 Å². The fraction of sp³-hybridized carbons (Fsp3) is 0.333. The van der Waals surface area contributed by atoms with E-state index < -0.39 is 23.5 Å². The maximum absolute atomic E-state index is 14.8. The summed E-state index contributed by atoms with van der Waals surface area (Å²) in [5.41, 5.74) is 0.296. The third-order valence-electron chi connectivity index (χ3n) is 5.65. The van der Waals surface area contributed by atoms with Gasteiger partial charge in [-0.2, -0.15) is 0 Å². The summed E-state index contributed by atoms with van der Waals surface area (Å²) in [5.74, 6) is -2.17. The van der Waals surface area contributed by atoms with E-state index in [9.17, 15) is 19.1 Å². The topological polar surface area (TPSA) is 70.1 Å². The molecule has 1 aliphatic rings. The molecule has 2 aromatic carbocycles. The Kier molecular flexibility index (Phi) is 7.07. The van der Waals surface area contributed by atoms with Crippen LogP contribution < -0.4 is 4.74 Å². The molecular weight excluding hydrogens is 399 g/mol. The number of benzene rings is 2.